The van der Waals surface area contributed by atoms with E-state index in [-0.39, 0.29) is 6.04 Å². The Balaban J connectivity index is 2.33. The summed E-state index contributed by atoms with van der Waals surface area (Å²) in [6.45, 7) is 6.72. The lowest BCUT2D eigenvalue weighted by atomic mass is 10.0. The van der Waals surface area contributed by atoms with Gasteiger partial charge in [0.2, 0.25) is 0 Å². The number of rotatable bonds is 3. The first-order valence-corrected chi connectivity index (χ1v) is 5.37. The molecule has 0 spiro atoms. The molecule has 0 radical (unpaired) electrons. The monoisotopic (exact) mass is 180 g/mol. The average Bonchev–Trinajstić information content (AvgIpc) is 2.15. The van der Waals surface area contributed by atoms with Gasteiger partial charge in [0.05, 0.1) is 12.1 Å². The van der Waals surface area contributed by atoms with Crippen molar-refractivity contribution in [1.82, 2.24) is 4.90 Å². The zero-order valence-electron chi connectivity index (χ0n) is 8.79. The van der Waals surface area contributed by atoms with Crippen molar-refractivity contribution in [2.75, 3.05) is 13.1 Å². The molecule has 0 aromatic heterocycles. The van der Waals surface area contributed by atoms with Gasteiger partial charge in [0.25, 0.3) is 0 Å². The summed E-state index contributed by atoms with van der Waals surface area (Å²) in [4.78, 5) is 2.35. The van der Waals surface area contributed by atoms with Gasteiger partial charge in [-0.2, -0.15) is 5.26 Å². The number of piperidine rings is 1. The van der Waals surface area contributed by atoms with Gasteiger partial charge in [0.1, 0.15) is 0 Å². The minimum Gasteiger partial charge on any atom is -0.288 e. The SMILES string of the molecule is CC(C)CCN1CCCCC1C#N. The summed E-state index contributed by atoms with van der Waals surface area (Å²) >= 11 is 0. The average molecular weight is 180 g/mol. The highest BCUT2D eigenvalue weighted by Crippen LogP contribution is 2.17. The van der Waals surface area contributed by atoms with Crippen LogP contribution >= 0.6 is 0 Å². The van der Waals surface area contributed by atoms with E-state index in [1.165, 1.54) is 19.3 Å². The van der Waals surface area contributed by atoms with E-state index in [4.69, 9.17) is 5.26 Å². The first kappa shape index (κ1) is 10.5. The fourth-order valence-corrected chi connectivity index (χ4v) is 1.83. The van der Waals surface area contributed by atoms with Gasteiger partial charge in [0.15, 0.2) is 0 Å². The normalized spacial score (nSPS) is 24.6. The smallest absolute Gasteiger partial charge is 0.0977 e. The third kappa shape index (κ3) is 3.36. The quantitative estimate of drug-likeness (QED) is 0.667. The van der Waals surface area contributed by atoms with Crippen LogP contribution < -0.4 is 0 Å². The van der Waals surface area contributed by atoms with Crippen LogP contribution in [0.2, 0.25) is 0 Å². The molecule has 0 aromatic rings. The molecule has 1 aliphatic rings. The molecule has 2 nitrogen and oxygen atoms in total. The van der Waals surface area contributed by atoms with Gasteiger partial charge in [-0.15, -0.1) is 0 Å². The van der Waals surface area contributed by atoms with Crippen molar-refractivity contribution in [1.29, 1.82) is 5.26 Å². The zero-order chi connectivity index (χ0) is 9.68. The fourth-order valence-electron chi connectivity index (χ4n) is 1.83. The third-order valence-electron chi connectivity index (χ3n) is 2.76. The maximum Gasteiger partial charge on any atom is 0.0977 e. The molecule has 0 aromatic carbocycles. The van der Waals surface area contributed by atoms with Gasteiger partial charge in [-0.05, 0) is 44.7 Å². The lowest BCUT2D eigenvalue weighted by Gasteiger charge is -2.31. The molecule has 1 rings (SSSR count). The summed E-state index contributed by atoms with van der Waals surface area (Å²) in [6, 6.07) is 2.61. The Bertz CT molecular complexity index is 181. The van der Waals surface area contributed by atoms with E-state index in [0.717, 1.165) is 25.4 Å². The Hall–Kier alpha value is -0.550. The van der Waals surface area contributed by atoms with Crippen LogP contribution in [-0.4, -0.2) is 24.0 Å². The van der Waals surface area contributed by atoms with Crippen molar-refractivity contribution in [3.05, 3.63) is 0 Å². The van der Waals surface area contributed by atoms with Crippen LogP contribution in [0.3, 0.4) is 0 Å². The van der Waals surface area contributed by atoms with Crippen LogP contribution in [0.15, 0.2) is 0 Å². The molecule has 1 heterocycles. The standard InChI is InChI=1S/C11H20N2/c1-10(2)6-8-13-7-4-3-5-11(13)9-12/h10-11H,3-8H2,1-2H3. The summed E-state index contributed by atoms with van der Waals surface area (Å²) in [6.07, 6.45) is 4.81. The summed E-state index contributed by atoms with van der Waals surface area (Å²) in [5.74, 6) is 0.751. The Morgan fingerprint density at radius 1 is 1.46 bits per heavy atom. The van der Waals surface area contributed by atoms with E-state index in [0.29, 0.717) is 0 Å². The van der Waals surface area contributed by atoms with Gasteiger partial charge >= 0.3 is 0 Å². The molecule has 1 saturated heterocycles. The molecular weight excluding hydrogens is 160 g/mol. The van der Waals surface area contributed by atoms with Crippen molar-refractivity contribution in [2.45, 2.75) is 45.6 Å². The molecule has 0 aliphatic carbocycles. The first-order chi connectivity index (χ1) is 6.24. The molecule has 1 fully saturated rings. The van der Waals surface area contributed by atoms with Crippen LogP contribution in [0.1, 0.15) is 39.5 Å². The summed E-state index contributed by atoms with van der Waals surface area (Å²) in [5, 5.41) is 8.94. The zero-order valence-corrected chi connectivity index (χ0v) is 8.79. The van der Waals surface area contributed by atoms with E-state index in [1.54, 1.807) is 0 Å². The topological polar surface area (TPSA) is 27.0 Å². The minimum atomic E-state index is 0.201. The maximum atomic E-state index is 8.94. The Morgan fingerprint density at radius 3 is 2.85 bits per heavy atom. The molecule has 1 atom stereocenters. The molecule has 13 heavy (non-hydrogen) atoms. The first-order valence-electron chi connectivity index (χ1n) is 5.37. The van der Waals surface area contributed by atoms with Gasteiger partial charge < -0.3 is 0 Å². The highest BCUT2D eigenvalue weighted by molar-refractivity contribution is 4.93. The van der Waals surface area contributed by atoms with Crippen molar-refractivity contribution in [3.63, 3.8) is 0 Å². The lowest BCUT2D eigenvalue weighted by Crippen LogP contribution is -2.39. The number of nitrogens with zero attached hydrogens (tertiary/aromatic N) is 2. The molecule has 1 unspecified atom stereocenters. The summed E-state index contributed by atoms with van der Waals surface area (Å²) in [5.41, 5.74) is 0. The van der Waals surface area contributed by atoms with Crippen LogP contribution in [0.4, 0.5) is 0 Å². The predicted molar refractivity (Wildman–Crippen MR) is 54.3 cm³/mol. The highest BCUT2D eigenvalue weighted by atomic mass is 15.2. The summed E-state index contributed by atoms with van der Waals surface area (Å²) < 4.78 is 0. The molecule has 0 amide bonds. The van der Waals surface area contributed by atoms with Gasteiger partial charge in [-0.1, -0.05) is 13.8 Å². The second-order valence-electron chi connectivity index (χ2n) is 4.36. The predicted octanol–water partition coefficient (Wildman–Crippen LogP) is 2.41. The molecule has 1 aliphatic heterocycles. The number of likely N-dealkylation sites (tertiary alicyclic amines) is 1. The maximum absolute atomic E-state index is 8.94. The second-order valence-corrected chi connectivity index (χ2v) is 4.36. The van der Waals surface area contributed by atoms with Gasteiger partial charge in [0, 0.05) is 0 Å². The second kappa shape index (κ2) is 5.24. The summed E-state index contributed by atoms with van der Waals surface area (Å²) in [7, 11) is 0. The van der Waals surface area contributed by atoms with Crippen LogP contribution in [0, 0.1) is 17.2 Å². The number of hydrogen-bond acceptors (Lipinski definition) is 2. The van der Waals surface area contributed by atoms with E-state index in [9.17, 15) is 0 Å². The largest absolute Gasteiger partial charge is 0.288 e. The van der Waals surface area contributed by atoms with E-state index in [1.807, 2.05) is 0 Å². The minimum absolute atomic E-state index is 0.201. The van der Waals surface area contributed by atoms with Crippen molar-refractivity contribution < 1.29 is 0 Å². The third-order valence-corrected chi connectivity index (χ3v) is 2.76. The van der Waals surface area contributed by atoms with E-state index < -0.39 is 0 Å². The molecule has 74 valence electrons. The van der Waals surface area contributed by atoms with Gasteiger partial charge in [-0.3, -0.25) is 4.90 Å². The van der Waals surface area contributed by atoms with Crippen molar-refractivity contribution in [2.24, 2.45) is 5.92 Å². The number of nitriles is 1. The van der Waals surface area contributed by atoms with E-state index >= 15 is 0 Å². The van der Waals surface area contributed by atoms with Crippen molar-refractivity contribution in [3.8, 4) is 6.07 Å². The lowest BCUT2D eigenvalue weighted by molar-refractivity contribution is 0.175. The Labute approximate surface area is 81.5 Å². The van der Waals surface area contributed by atoms with Gasteiger partial charge in [-0.25, -0.2) is 0 Å². The van der Waals surface area contributed by atoms with E-state index in [2.05, 4.69) is 24.8 Å². The Kier molecular flexibility index (Phi) is 4.24. The highest BCUT2D eigenvalue weighted by Gasteiger charge is 2.21. The van der Waals surface area contributed by atoms with Crippen LogP contribution in [0.25, 0.3) is 0 Å². The van der Waals surface area contributed by atoms with Crippen LogP contribution in [-0.2, 0) is 0 Å². The molecule has 0 saturated carbocycles. The van der Waals surface area contributed by atoms with Crippen LogP contribution in [0.5, 0.6) is 0 Å². The molecular formula is C11H20N2. The fraction of sp³-hybridized carbons (Fsp3) is 0.909. The molecule has 0 bridgehead atoms. The molecule has 0 N–H and O–H groups in total. The number of hydrogen-bond donors (Lipinski definition) is 0. The van der Waals surface area contributed by atoms with Crippen molar-refractivity contribution >= 4 is 0 Å². The Morgan fingerprint density at radius 2 is 2.23 bits per heavy atom. The molecule has 2 heteroatoms.